The number of carbonyl (C=O) groups is 1. The lowest BCUT2D eigenvalue weighted by Crippen LogP contribution is -2.27. The molecule has 0 atom stereocenters. The number of halogens is 1. The van der Waals surface area contributed by atoms with E-state index in [1.165, 1.54) is 4.68 Å². The van der Waals surface area contributed by atoms with Gasteiger partial charge in [-0.1, -0.05) is 0 Å². The number of hydrogen-bond acceptors (Lipinski definition) is 5. The Morgan fingerprint density at radius 2 is 2.09 bits per heavy atom. The van der Waals surface area contributed by atoms with Crippen molar-refractivity contribution in [1.29, 1.82) is 0 Å². The molecule has 3 aromatic rings. The van der Waals surface area contributed by atoms with Crippen molar-refractivity contribution in [3.8, 4) is 11.3 Å². The van der Waals surface area contributed by atoms with Crippen LogP contribution in [-0.4, -0.2) is 31.4 Å². The second kappa shape index (κ2) is 5.73. The minimum Gasteiger partial charge on any atom is -0.442 e. The summed E-state index contributed by atoms with van der Waals surface area (Å²) in [5.74, 6) is 0. The molecule has 0 aliphatic heterocycles. The Morgan fingerprint density at radius 1 is 1.30 bits per heavy atom. The van der Waals surface area contributed by atoms with Crippen LogP contribution >= 0.6 is 15.9 Å². The van der Waals surface area contributed by atoms with E-state index in [9.17, 15) is 4.79 Å². The van der Waals surface area contributed by atoms with Crippen molar-refractivity contribution < 1.29 is 9.53 Å². The maximum atomic E-state index is 12.4. The highest BCUT2D eigenvalue weighted by Gasteiger charge is 2.23. The molecule has 7 heteroatoms. The maximum absolute atomic E-state index is 12.4. The summed E-state index contributed by atoms with van der Waals surface area (Å²) >= 11 is 3.39. The summed E-state index contributed by atoms with van der Waals surface area (Å²) in [4.78, 5) is 20.8. The first-order valence-electron chi connectivity index (χ1n) is 7.03. The second-order valence-electron chi connectivity index (χ2n) is 6.01. The predicted molar refractivity (Wildman–Crippen MR) is 90.1 cm³/mol. The molecule has 0 fully saturated rings. The molecule has 3 rings (SSSR count). The SMILES string of the molecule is CC(C)(C)OC(=O)n1nc(-c2cncc(Br)c2)c2cccnc21. The summed E-state index contributed by atoms with van der Waals surface area (Å²) in [6.45, 7) is 5.43. The van der Waals surface area contributed by atoms with Gasteiger partial charge < -0.3 is 4.74 Å². The van der Waals surface area contributed by atoms with Crippen molar-refractivity contribution in [2.45, 2.75) is 26.4 Å². The minimum absolute atomic E-state index is 0.455. The minimum atomic E-state index is -0.609. The molecular formula is C16H15BrN4O2. The van der Waals surface area contributed by atoms with Gasteiger partial charge in [-0.2, -0.15) is 5.10 Å². The van der Waals surface area contributed by atoms with Gasteiger partial charge in [-0.05, 0) is 54.9 Å². The van der Waals surface area contributed by atoms with Crippen LogP contribution in [0.25, 0.3) is 22.3 Å². The van der Waals surface area contributed by atoms with Crippen molar-refractivity contribution in [2.75, 3.05) is 0 Å². The number of hydrogen-bond donors (Lipinski definition) is 0. The van der Waals surface area contributed by atoms with Gasteiger partial charge in [0.25, 0.3) is 0 Å². The zero-order valence-corrected chi connectivity index (χ0v) is 14.5. The highest BCUT2D eigenvalue weighted by Crippen LogP contribution is 2.28. The van der Waals surface area contributed by atoms with E-state index in [4.69, 9.17) is 4.74 Å². The molecule has 0 aromatic carbocycles. The van der Waals surface area contributed by atoms with Crippen LogP contribution in [-0.2, 0) is 4.74 Å². The number of carbonyl (C=O) groups excluding carboxylic acids is 1. The van der Waals surface area contributed by atoms with Gasteiger partial charge >= 0.3 is 6.09 Å². The van der Waals surface area contributed by atoms with Crippen LogP contribution in [0.4, 0.5) is 4.79 Å². The standard InChI is InChI=1S/C16H15BrN4O2/c1-16(2,3)23-15(22)21-14-12(5-4-6-19-14)13(20-21)10-7-11(17)9-18-8-10/h4-9H,1-3H3. The largest absolute Gasteiger partial charge is 0.442 e. The van der Waals surface area contributed by atoms with E-state index in [0.717, 1.165) is 15.4 Å². The smallest absolute Gasteiger partial charge is 0.437 e. The molecule has 0 radical (unpaired) electrons. The van der Waals surface area contributed by atoms with E-state index < -0.39 is 11.7 Å². The summed E-state index contributed by atoms with van der Waals surface area (Å²) in [5.41, 5.74) is 1.27. The second-order valence-corrected chi connectivity index (χ2v) is 6.92. The van der Waals surface area contributed by atoms with Gasteiger partial charge in [-0.3, -0.25) is 4.98 Å². The zero-order valence-electron chi connectivity index (χ0n) is 12.9. The molecule has 0 aliphatic carbocycles. The highest BCUT2D eigenvalue weighted by molar-refractivity contribution is 9.10. The van der Waals surface area contributed by atoms with E-state index in [-0.39, 0.29) is 0 Å². The van der Waals surface area contributed by atoms with Crippen molar-refractivity contribution in [3.63, 3.8) is 0 Å². The van der Waals surface area contributed by atoms with Crippen molar-refractivity contribution in [2.24, 2.45) is 0 Å². The van der Waals surface area contributed by atoms with Crippen LogP contribution in [0, 0.1) is 0 Å². The number of fused-ring (bicyclic) bond motifs is 1. The normalized spacial score (nSPS) is 11.7. The summed E-state index contributed by atoms with van der Waals surface area (Å²) in [5, 5.41) is 5.17. The molecule has 0 spiro atoms. The molecule has 0 N–H and O–H groups in total. The van der Waals surface area contributed by atoms with E-state index in [2.05, 4.69) is 31.0 Å². The first kappa shape index (κ1) is 15.6. The molecule has 0 aliphatic rings. The highest BCUT2D eigenvalue weighted by atomic mass is 79.9. The molecule has 0 unspecified atom stereocenters. The lowest BCUT2D eigenvalue weighted by Gasteiger charge is -2.18. The van der Waals surface area contributed by atoms with E-state index in [1.807, 2.05) is 32.9 Å². The fraction of sp³-hybridized carbons (Fsp3) is 0.250. The Balaban J connectivity index is 2.16. The quantitative estimate of drug-likeness (QED) is 0.642. The zero-order chi connectivity index (χ0) is 16.6. The fourth-order valence-electron chi connectivity index (χ4n) is 2.14. The van der Waals surface area contributed by atoms with Crippen LogP contribution in [0.1, 0.15) is 20.8 Å². The Bertz CT molecular complexity index is 883. The van der Waals surface area contributed by atoms with Gasteiger partial charge in [-0.25, -0.2) is 9.78 Å². The Morgan fingerprint density at radius 3 is 2.78 bits per heavy atom. The van der Waals surface area contributed by atoms with Crippen molar-refractivity contribution in [3.05, 3.63) is 41.3 Å². The molecule has 118 valence electrons. The van der Waals surface area contributed by atoms with Crippen molar-refractivity contribution in [1.82, 2.24) is 19.7 Å². The molecule has 0 bridgehead atoms. The monoisotopic (exact) mass is 374 g/mol. The van der Waals surface area contributed by atoms with Crippen molar-refractivity contribution >= 4 is 33.1 Å². The van der Waals surface area contributed by atoms with Crippen LogP contribution in [0.15, 0.2) is 41.3 Å². The first-order chi connectivity index (χ1) is 10.8. The fourth-order valence-corrected chi connectivity index (χ4v) is 2.50. The lowest BCUT2D eigenvalue weighted by atomic mass is 10.1. The Labute approximate surface area is 141 Å². The van der Waals surface area contributed by atoms with Gasteiger partial charge in [0.15, 0.2) is 5.65 Å². The predicted octanol–water partition coefficient (Wildman–Crippen LogP) is 4.04. The Kier molecular flexibility index (Phi) is 3.89. The first-order valence-corrected chi connectivity index (χ1v) is 7.82. The van der Waals surface area contributed by atoms with Gasteiger partial charge in [0.2, 0.25) is 0 Å². The third kappa shape index (κ3) is 3.24. The molecule has 0 saturated heterocycles. The van der Waals surface area contributed by atoms with Gasteiger partial charge in [0.1, 0.15) is 11.3 Å². The average molecular weight is 375 g/mol. The van der Waals surface area contributed by atoms with Crippen LogP contribution in [0.3, 0.4) is 0 Å². The molecule has 23 heavy (non-hydrogen) atoms. The summed E-state index contributed by atoms with van der Waals surface area (Å²) in [6, 6.07) is 5.56. The Hall–Kier alpha value is -2.28. The van der Waals surface area contributed by atoms with E-state index >= 15 is 0 Å². The number of rotatable bonds is 1. The molecule has 0 saturated carbocycles. The summed E-state index contributed by atoms with van der Waals surface area (Å²) < 4.78 is 7.43. The van der Waals surface area contributed by atoms with E-state index in [0.29, 0.717) is 11.3 Å². The maximum Gasteiger partial charge on any atom is 0.437 e. The number of aromatic nitrogens is 4. The summed E-state index contributed by atoms with van der Waals surface area (Å²) in [7, 11) is 0. The van der Waals surface area contributed by atoms with Gasteiger partial charge in [0, 0.05) is 34.0 Å². The third-order valence-corrected chi connectivity index (χ3v) is 3.42. The van der Waals surface area contributed by atoms with E-state index in [1.54, 1.807) is 24.7 Å². The number of pyridine rings is 2. The third-order valence-electron chi connectivity index (χ3n) is 2.99. The molecule has 3 heterocycles. The van der Waals surface area contributed by atoms with Crippen LogP contribution in [0.2, 0.25) is 0 Å². The van der Waals surface area contributed by atoms with Crippen LogP contribution in [0.5, 0.6) is 0 Å². The number of nitrogens with zero attached hydrogens (tertiary/aromatic N) is 4. The number of ether oxygens (including phenoxy) is 1. The molecule has 6 nitrogen and oxygen atoms in total. The summed E-state index contributed by atoms with van der Waals surface area (Å²) in [6.07, 6.45) is 4.44. The molecule has 0 amide bonds. The van der Waals surface area contributed by atoms with Crippen LogP contribution < -0.4 is 0 Å². The molecular weight excluding hydrogens is 360 g/mol. The topological polar surface area (TPSA) is 69.9 Å². The van der Waals surface area contributed by atoms with Gasteiger partial charge in [0.05, 0.1) is 0 Å². The average Bonchev–Trinajstić information content (AvgIpc) is 2.85. The van der Waals surface area contributed by atoms with Gasteiger partial charge in [-0.15, -0.1) is 4.68 Å². The lowest BCUT2D eigenvalue weighted by molar-refractivity contribution is 0.0522. The molecule has 3 aromatic heterocycles.